The Labute approximate surface area is 171 Å². The first-order valence-corrected chi connectivity index (χ1v) is 9.77. The third-order valence-electron chi connectivity index (χ3n) is 4.84. The first kappa shape index (κ1) is 19.6. The number of hydrogen-bond donors (Lipinski definition) is 0. The van der Waals surface area contributed by atoms with Crippen LogP contribution in [0.2, 0.25) is 0 Å². The SMILES string of the molecule is CCCc1cc(=O)oc2cc(OC(=O)CCn3cnc4ccccc4c3=O)ccc12. The molecule has 0 bridgehead atoms. The highest BCUT2D eigenvalue weighted by molar-refractivity contribution is 5.83. The number of ether oxygens (including phenoxy) is 1. The normalized spacial score (nSPS) is 11.1. The van der Waals surface area contributed by atoms with E-state index in [2.05, 4.69) is 4.98 Å². The van der Waals surface area contributed by atoms with Gasteiger partial charge >= 0.3 is 11.6 Å². The molecular formula is C23H20N2O5. The van der Waals surface area contributed by atoms with Crippen molar-refractivity contribution in [2.45, 2.75) is 32.7 Å². The fourth-order valence-electron chi connectivity index (χ4n) is 3.41. The summed E-state index contributed by atoms with van der Waals surface area (Å²) in [6.45, 7) is 2.19. The number of aryl methyl sites for hydroxylation is 2. The highest BCUT2D eigenvalue weighted by Gasteiger charge is 2.11. The molecule has 0 spiro atoms. The van der Waals surface area contributed by atoms with Gasteiger partial charge in [-0.05, 0) is 36.2 Å². The summed E-state index contributed by atoms with van der Waals surface area (Å²) in [5.74, 6) is -0.213. The molecule has 0 N–H and O–H groups in total. The van der Waals surface area contributed by atoms with Gasteiger partial charge in [0.25, 0.3) is 5.56 Å². The molecule has 4 aromatic rings. The molecule has 0 aliphatic carbocycles. The van der Waals surface area contributed by atoms with E-state index in [0.717, 1.165) is 23.8 Å². The molecule has 30 heavy (non-hydrogen) atoms. The zero-order valence-electron chi connectivity index (χ0n) is 16.5. The van der Waals surface area contributed by atoms with Crippen LogP contribution in [0.5, 0.6) is 5.75 Å². The predicted octanol–water partition coefficient (Wildman–Crippen LogP) is 3.45. The van der Waals surface area contributed by atoms with Gasteiger partial charge in [-0.2, -0.15) is 0 Å². The number of hydrogen-bond acceptors (Lipinski definition) is 6. The van der Waals surface area contributed by atoms with E-state index < -0.39 is 11.6 Å². The molecule has 0 aliphatic heterocycles. The van der Waals surface area contributed by atoms with Gasteiger partial charge in [0.1, 0.15) is 11.3 Å². The molecule has 152 valence electrons. The van der Waals surface area contributed by atoms with Crippen LogP contribution in [-0.4, -0.2) is 15.5 Å². The minimum Gasteiger partial charge on any atom is -0.426 e. The van der Waals surface area contributed by atoms with E-state index >= 15 is 0 Å². The summed E-state index contributed by atoms with van der Waals surface area (Å²) in [6, 6.07) is 13.5. The standard InChI is InChI=1S/C23H20N2O5/c1-2-5-15-12-22(27)30-20-13-16(8-9-17(15)20)29-21(26)10-11-25-14-24-19-7-4-3-6-18(19)23(25)28/h3-4,6-9,12-14H,2,5,10-11H2,1H3. The third kappa shape index (κ3) is 4.00. The fourth-order valence-corrected chi connectivity index (χ4v) is 3.41. The van der Waals surface area contributed by atoms with Crippen LogP contribution >= 0.6 is 0 Å². The van der Waals surface area contributed by atoms with E-state index in [1.807, 2.05) is 13.0 Å². The van der Waals surface area contributed by atoms with Crippen LogP contribution in [0.3, 0.4) is 0 Å². The Morgan fingerprint density at radius 2 is 1.93 bits per heavy atom. The Balaban J connectivity index is 1.49. The number of esters is 1. The maximum absolute atomic E-state index is 12.5. The Morgan fingerprint density at radius 3 is 2.77 bits per heavy atom. The van der Waals surface area contributed by atoms with Crippen molar-refractivity contribution < 1.29 is 13.9 Å². The van der Waals surface area contributed by atoms with Crippen LogP contribution in [0.15, 0.2) is 68.9 Å². The van der Waals surface area contributed by atoms with Gasteiger partial charge in [0.2, 0.25) is 0 Å². The van der Waals surface area contributed by atoms with Crippen LogP contribution in [0.25, 0.3) is 21.9 Å². The summed E-state index contributed by atoms with van der Waals surface area (Å²) in [6.07, 6.45) is 3.09. The van der Waals surface area contributed by atoms with Crippen LogP contribution in [0.4, 0.5) is 0 Å². The molecule has 2 aromatic carbocycles. The first-order valence-electron chi connectivity index (χ1n) is 9.77. The van der Waals surface area contributed by atoms with Crippen molar-refractivity contribution in [3.63, 3.8) is 0 Å². The maximum atomic E-state index is 12.5. The van der Waals surface area contributed by atoms with Crippen molar-refractivity contribution in [2.24, 2.45) is 0 Å². The van der Waals surface area contributed by atoms with Gasteiger partial charge in [0.05, 0.1) is 23.7 Å². The zero-order valence-corrected chi connectivity index (χ0v) is 16.5. The van der Waals surface area contributed by atoms with Gasteiger partial charge in [0, 0.05) is 24.1 Å². The molecule has 0 aliphatic rings. The summed E-state index contributed by atoms with van der Waals surface area (Å²) in [4.78, 5) is 40.8. The third-order valence-corrected chi connectivity index (χ3v) is 4.84. The second-order valence-electron chi connectivity index (χ2n) is 6.98. The Morgan fingerprint density at radius 1 is 1.10 bits per heavy atom. The molecule has 7 nitrogen and oxygen atoms in total. The summed E-state index contributed by atoms with van der Waals surface area (Å²) >= 11 is 0. The van der Waals surface area contributed by atoms with E-state index in [9.17, 15) is 14.4 Å². The van der Waals surface area contributed by atoms with Crippen molar-refractivity contribution in [1.82, 2.24) is 9.55 Å². The summed E-state index contributed by atoms with van der Waals surface area (Å²) in [7, 11) is 0. The Hall–Kier alpha value is -3.74. The number of para-hydroxylation sites is 1. The molecule has 0 unspecified atom stereocenters. The van der Waals surface area contributed by atoms with Crippen molar-refractivity contribution in [2.75, 3.05) is 0 Å². The van der Waals surface area contributed by atoms with Gasteiger partial charge in [-0.1, -0.05) is 25.5 Å². The number of fused-ring (bicyclic) bond motifs is 2. The minimum atomic E-state index is -0.499. The van der Waals surface area contributed by atoms with Gasteiger partial charge in [-0.25, -0.2) is 9.78 Å². The van der Waals surface area contributed by atoms with Gasteiger partial charge < -0.3 is 9.15 Å². The minimum absolute atomic E-state index is 0.00220. The quantitative estimate of drug-likeness (QED) is 0.278. The average Bonchev–Trinajstić information content (AvgIpc) is 2.73. The summed E-state index contributed by atoms with van der Waals surface area (Å²) < 4.78 is 12.0. The van der Waals surface area contributed by atoms with E-state index in [-0.39, 0.29) is 24.3 Å². The largest absolute Gasteiger partial charge is 0.426 e. The van der Waals surface area contributed by atoms with E-state index in [0.29, 0.717) is 16.5 Å². The molecular weight excluding hydrogens is 384 g/mol. The van der Waals surface area contributed by atoms with Crippen LogP contribution in [0, 0.1) is 0 Å². The Kier molecular flexibility index (Phi) is 5.43. The summed E-state index contributed by atoms with van der Waals surface area (Å²) in [5, 5.41) is 1.32. The van der Waals surface area contributed by atoms with E-state index in [4.69, 9.17) is 9.15 Å². The van der Waals surface area contributed by atoms with Crippen molar-refractivity contribution in [3.8, 4) is 5.75 Å². The second kappa shape index (κ2) is 8.32. The van der Waals surface area contributed by atoms with Crippen LogP contribution in [-0.2, 0) is 17.8 Å². The lowest BCUT2D eigenvalue weighted by Crippen LogP contribution is -2.23. The highest BCUT2D eigenvalue weighted by Crippen LogP contribution is 2.23. The number of nitrogens with zero attached hydrogens (tertiary/aromatic N) is 2. The first-order chi connectivity index (χ1) is 14.5. The fraction of sp³-hybridized carbons (Fsp3) is 0.217. The smallest absolute Gasteiger partial charge is 0.336 e. The molecule has 0 radical (unpaired) electrons. The molecule has 0 amide bonds. The molecule has 7 heteroatoms. The molecule has 0 fully saturated rings. The van der Waals surface area contributed by atoms with Gasteiger partial charge in [-0.3, -0.25) is 14.2 Å². The van der Waals surface area contributed by atoms with Crippen molar-refractivity contribution >= 4 is 27.8 Å². The lowest BCUT2D eigenvalue weighted by Gasteiger charge is -2.08. The predicted molar refractivity (Wildman–Crippen MR) is 113 cm³/mol. The van der Waals surface area contributed by atoms with Crippen LogP contribution in [0.1, 0.15) is 25.3 Å². The number of aromatic nitrogens is 2. The van der Waals surface area contributed by atoms with Crippen LogP contribution < -0.4 is 15.9 Å². The highest BCUT2D eigenvalue weighted by atomic mass is 16.5. The second-order valence-corrected chi connectivity index (χ2v) is 6.98. The molecule has 0 atom stereocenters. The maximum Gasteiger partial charge on any atom is 0.336 e. The van der Waals surface area contributed by atoms with E-state index in [1.165, 1.54) is 23.0 Å². The molecule has 4 rings (SSSR count). The molecule has 2 aromatic heterocycles. The van der Waals surface area contributed by atoms with Crippen molar-refractivity contribution in [1.29, 1.82) is 0 Å². The number of benzene rings is 2. The average molecular weight is 404 g/mol. The van der Waals surface area contributed by atoms with Gasteiger partial charge in [0.15, 0.2) is 0 Å². The van der Waals surface area contributed by atoms with E-state index in [1.54, 1.807) is 30.3 Å². The zero-order chi connectivity index (χ0) is 21.1. The van der Waals surface area contributed by atoms with Crippen molar-refractivity contribution in [3.05, 3.63) is 81.2 Å². The molecule has 0 saturated carbocycles. The van der Waals surface area contributed by atoms with Gasteiger partial charge in [-0.15, -0.1) is 0 Å². The molecule has 0 saturated heterocycles. The summed E-state index contributed by atoms with van der Waals surface area (Å²) in [5.41, 5.74) is 1.26. The monoisotopic (exact) mass is 404 g/mol. The lowest BCUT2D eigenvalue weighted by molar-refractivity contribution is -0.134. The topological polar surface area (TPSA) is 91.4 Å². The molecule has 2 heterocycles. The number of carbonyl (C=O) groups excluding carboxylic acids is 1. The number of rotatable bonds is 6. The Bertz CT molecular complexity index is 1350. The number of carbonyl (C=O) groups is 1. The lowest BCUT2D eigenvalue weighted by atomic mass is 10.1.